The van der Waals surface area contributed by atoms with Crippen LogP contribution in [0, 0.1) is 0 Å². The Kier molecular flexibility index (Phi) is 5.55. The first-order valence-corrected chi connectivity index (χ1v) is 10.2. The first kappa shape index (κ1) is 20.3. The fourth-order valence-electron chi connectivity index (χ4n) is 2.97. The van der Waals surface area contributed by atoms with Gasteiger partial charge in [0, 0.05) is 6.54 Å². The number of nitrogens with two attached hydrogens (primary N) is 1. The minimum absolute atomic E-state index is 0.0442. The number of imide groups is 1. The first-order valence-electron chi connectivity index (χ1n) is 8.72. The summed E-state index contributed by atoms with van der Waals surface area (Å²) >= 11 is 0. The van der Waals surface area contributed by atoms with Gasteiger partial charge < -0.3 is 10.5 Å². The lowest BCUT2D eigenvalue weighted by Gasteiger charge is -2.20. The summed E-state index contributed by atoms with van der Waals surface area (Å²) in [5.41, 5.74) is 6.35. The summed E-state index contributed by atoms with van der Waals surface area (Å²) in [7, 11) is -3.88. The van der Waals surface area contributed by atoms with Gasteiger partial charge in [-0.05, 0) is 43.2 Å². The van der Waals surface area contributed by atoms with Gasteiger partial charge in [0.25, 0.3) is 15.9 Å². The molecular formula is C19H19N3O6S. The Bertz CT molecular complexity index is 1080. The van der Waals surface area contributed by atoms with Crippen molar-refractivity contribution in [2.75, 3.05) is 10.8 Å². The number of primary amides is 1. The lowest BCUT2D eigenvalue weighted by atomic mass is 10.2. The summed E-state index contributed by atoms with van der Waals surface area (Å²) in [6, 6.07) is 11.5. The van der Waals surface area contributed by atoms with Crippen molar-refractivity contribution in [3.8, 4) is 0 Å². The second kappa shape index (κ2) is 7.92. The molecule has 1 atom stereocenters. The molecule has 0 aromatic heterocycles. The van der Waals surface area contributed by atoms with Crippen molar-refractivity contribution in [2.24, 2.45) is 5.73 Å². The van der Waals surface area contributed by atoms with E-state index in [9.17, 15) is 22.8 Å². The standard InChI is InChI=1S/C19H19N3O6S/c1-12(17(23)21-19(20)25)28-18(24)14-6-4-7-15(11-14)29(26,27)22-10-9-13-5-2-3-8-16(13)22/h2-8,11-12H,9-10H2,1H3,(H3,20,21,23,25). The van der Waals surface area contributed by atoms with Gasteiger partial charge in [-0.3, -0.25) is 14.4 Å². The fraction of sp³-hybridized carbons (Fsp3) is 0.211. The summed E-state index contributed by atoms with van der Waals surface area (Å²) in [6.07, 6.45) is -0.690. The topological polar surface area (TPSA) is 136 Å². The molecule has 29 heavy (non-hydrogen) atoms. The van der Waals surface area contributed by atoms with Crippen LogP contribution in [0.3, 0.4) is 0 Å². The fourth-order valence-corrected chi connectivity index (χ4v) is 4.52. The van der Waals surface area contributed by atoms with E-state index in [0.717, 1.165) is 5.56 Å². The Morgan fingerprint density at radius 1 is 1.14 bits per heavy atom. The highest BCUT2D eigenvalue weighted by atomic mass is 32.2. The van der Waals surface area contributed by atoms with Crippen molar-refractivity contribution < 1.29 is 27.5 Å². The number of nitrogens with one attached hydrogen (secondary N) is 1. The van der Waals surface area contributed by atoms with Gasteiger partial charge in [0.15, 0.2) is 6.10 Å². The zero-order valence-corrected chi connectivity index (χ0v) is 16.3. The molecule has 0 saturated carbocycles. The van der Waals surface area contributed by atoms with Gasteiger partial charge in [0.1, 0.15) is 0 Å². The Hall–Kier alpha value is -3.40. The number of amides is 3. The molecule has 1 heterocycles. The number of fused-ring (bicyclic) bond motifs is 1. The quantitative estimate of drug-likeness (QED) is 0.701. The van der Waals surface area contributed by atoms with Gasteiger partial charge >= 0.3 is 12.0 Å². The highest BCUT2D eigenvalue weighted by Gasteiger charge is 2.31. The number of carbonyl (C=O) groups is 3. The Balaban J connectivity index is 1.81. The minimum atomic E-state index is -3.88. The number of nitrogens with zero attached hydrogens (tertiary/aromatic N) is 1. The number of para-hydroxylation sites is 1. The molecule has 0 bridgehead atoms. The van der Waals surface area contributed by atoms with Gasteiger partial charge in [-0.2, -0.15) is 0 Å². The molecule has 3 rings (SSSR count). The van der Waals surface area contributed by atoms with E-state index in [4.69, 9.17) is 10.5 Å². The number of hydrogen-bond donors (Lipinski definition) is 2. The molecule has 3 N–H and O–H groups in total. The van der Waals surface area contributed by atoms with E-state index in [2.05, 4.69) is 0 Å². The van der Waals surface area contributed by atoms with E-state index in [0.29, 0.717) is 18.7 Å². The van der Waals surface area contributed by atoms with Crippen molar-refractivity contribution in [1.29, 1.82) is 0 Å². The van der Waals surface area contributed by atoms with Crippen LogP contribution >= 0.6 is 0 Å². The van der Waals surface area contributed by atoms with Crippen molar-refractivity contribution >= 4 is 33.6 Å². The number of urea groups is 1. The predicted molar refractivity (Wildman–Crippen MR) is 104 cm³/mol. The summed E-state index contributed by atoms with van der Waals surface area (Å²) < 4.78 is 32.4. The van der Waals surface area contributed by atoms with E-state index in [1.165, 1.54) is 35.5 Å². The minimum Gasteiger partial charge on any atom is -0.449 e. The first-order chi connectivity index (χ1) is 13.7. The van der Waals surface area contributed by atoms with Crippen molar-refractivity contribution in [2.45, 2.75) is 24.3 Å². The van der Waals surface area contributed by atoms with E-state index >= 15 is 0 Å². The molecule has 1 unspecified atom stereocenters. The highest BCUT2D eigenvalue weighted by Crippen LogP contribution is 2.32. The zero-order chi connectivity index (χ0) is 21.2. The van der Waals surface area contributed by atoms with E-state index < -0.39 is 34.0 Å². The van der Waals surface area contributed by atoms with E-state index in [1.54, 1.807) is 17.4 Å². The number of ether oxygens (including phenoxy) is 1. The predicted octanol–water partition coefficient (Wildman–Crippen LogP) is 1.18. The largest absolute Gasteiger partial charge is 0.449 e. The van der Waals surface area contributed by atoms with E-state index in [1.807, 2.05) is 12.1 Å². The second-order valence-corrected chi connectivity index (χ2v) is 8.25. The number of esters is 1. The van der Waals surface area contributed by atoms with Crippen LogP contribution in [-0.4, -0.2) is 39.0 Å². The summed E-state index contributed by atoms with van der Waals surface area (Å²) in [5, 5.41) is 1.80. The third-order valence-corrected chi connectivity index (χ3v) is 6.21. The molecule has 0 radical (unpaired) electrons. The van der Waals surface area contributed by atoms with Crippen molar-refractivity contribution in [3.05, 3.63) is 59.7 Å². The molecule has 0 aliphatic carbocycles. The molecule has 0 spiro atoms. The zero-order valence-electron chi connectivity index (χ0n) is 15.5. The number of benzene rings is 2. The molecule has 152 valence electrons. The van der Waals surface area contributed by atoms with Crippen LogP contribution in [-0.2, 0) is 26.0 Å². The molecule has 3 amide bonds. The van der Waals surface area contributed by atoms with Gasteiger partial charge in [-0.15, -0.1) is 0 Å². The lowest BCUT2D eigenvalue weighted by Crippen LogP contribution is -2.42. The van der Waals surface area contributed by atoms with Crippen LogP contribution in [0.5, 0.6) is 0 Å². The molecular weight excluding hydrogens is 398 g/mol. The normalized spacial score (nSPS) is 14.0. The van der Waals surface area contributed by atoms with Crippen LogP contribution in [0.4, 0.5) is 10.5 Å². The van der Waals surface area contributed by atoms with Crippen LogP contribution in [0.1, 0.15) is 22.8 Å². The molecule has 0 saturated heterocycles. The molecule has 1 aliphatic heterocycles. The number of hydrogen-bond acceptors (Lipinski definition) is 6. The van der Waals surface area contributed by atoms with Crippen LogP contribution < -0.4 is 15.4 Å². The lowest BCUT2D eigenvalue weighted by molar-refractivity contribution is -0.127. The Labute approximate surface area is 167 Å². The third-order valence-electron chi connectivity index (χ3n) is 4.40. The maximum absolute atomic E-state index is 13.1. The average molecular weight is 417 g/mol. The SMILES string of the molecule is CC(OC(=O)c1cccc(S(=O)(=O)N2CCc3ccccc32)c1)C(=O)NC(N)=O. The van der Waals surface area contributed by atoms with Gasteiger partial charge in [0.2, 0.25) is 0 Å². The van der Waals surface area contributed by atoms with Gasteiger partial charge in [-0.1, -0.05) is 24.3 Å². The Morgan fingerprint density at radius 3 is 2.59 bits per heavy atom. The smallest absolute Gasteiger partial charge is 0.338 e. The van der Waals surface area contributed by atoms with Gasteiger partial charge in [-0.25, -0.2) is 18.0 Å². The van der Waals surface area contributed by atoms with E-state index in [-0.39, 0.29) is 10.5 Å². The molecule has 2 aromatic carbocycles. The molecule has 9 nitrogen and oxygen atoms in total. The summed E-state index contributed by atoms with van der Waals surface area (Å²) in [5.74, 6) is -1.79. The number of carbonyl (C=O) groups excluding carboxylic acids is 3. The molecule has 1 aliphatic rings. The number of sulfonamides is 1. The maximum Gasteiger partial charge on any atom is 0.338 e. The number of rotatable bonds is 5. The summed E-state index contributed by atoms with van der Waals surface area (Å²) in [6.45, 7) is 1.57. The van der Waals surface area contributed by atoms with Crippen molar-refractivity contribution in [3.63, 3.8) is 0 Å². The summed E-state index contributed by atoms with van der Waals surface area (Å²) in [4.78, 5) is 34.6. The molecule has 10 heteroatoms. The van der Waals surface area contributed by atoms with Crippen LogP contribution in [0.15, 0.2) is 53.4 Å². The Morgan fingerprint density at radius 2 is 1.86 bits per heavy atom. The number of anilines is 1. The molecule has 0 fully saturated rings. The maximum atomic E-state index is 13.1. The van der Waals surface area contributed by atoms with Gasteiger partial charge in [0.05, 0.1) is 16.1 Å². The average Bonchev–Trinajstić information content (AvgIpc) is 3.12. The third kappa shape index (κ3) is 4.21. The highest BCUT2D eigenvalue weighted by molar-refractivity contribution is 7.92. The monoisotopic (exact) mass is 417 g/mol. The van der Waals surface area contributed by atoms with Crippen LogP contribution in [0.25, 0.3) is 0 Å². The molecule has 2 aromatic rings. The second-order valence-electron chi connectivity index (χ2n) is 6.38. The van der Waals surface area contributed by atoms with Crippen LogP contribution in [0.2, 0.25) is 0 Å². The van der Waals surface area contributed by atoms with Crippen molar-refractivity contribution in [1.82, 2.24) is 5.32 Å².